The summed E-state index contributed by atoms with van der Waals surface area (Å²) in [5.74, 6) is 2.64. The number of hydrogen-bond donors (Lipinski definition) is 0. The van der Waals surface area contributed by atoms with E-state index >= 15 is 0 Å². The summed E-state index contributed by atoms with van der Waals surface area (Å²) in [5, 5.41) is 0. The molecule has 0 spiro atoms. The summed E-state index contributed by atoms with van der Waals surface area (Å²) < 4.78 is 29.7. The Morgan fingerprint density at radius 3 is 1.26 bits per heavy atom. The zero-order chi connectivity index (χ0) is 27.8. The fraction of sp³-hybridized carbons (Fsp3) is 0.600. The maximum Gasteiger partial charge on any atom is 0.231 e. The van der Waals surface area contributed by atoms with E-state index in [2.05, 4.69) is 13.8 Å². The van der Waals surface area contributed by atoms with Gasteiger partial charge in [-0.1, -0.05) is 65.2 Å². The van der Waals surface area contributed by atoms with Crippen molar-refractivity contribution >= 4 is 46.4 Å². The number of alkyl halides is 4. The van der Waals surface area contributed by atoms with Crippen LogP contribution in [-0.4, -0.2) is 13.6 Å². The van der Waals surface area contributed by atoms with Crippen molar-refractivity contribution in [3.63, 3.8) is 0 Å². The summed E-state index contributed by atoms with van der Waals surface area (Å²) in [6, 6.07) is 7.70. The predicted octanol–water partition coefficient (Wildman–Crippen LogP) is 10.8. The number of hydrogen-bond acceptors (Lipinski definition) is 5. The first-order chi connectivity index (χ1) is 18.9. The monoisotopic (exact) mass is 618 g/mol. The molecule has 2 heterocycles. The Hall–Kier alpha value is -1.24. The zero-order valence-corrected chi connectivity index (χ0v) is 25.7. The lowest BCUT2D eigenvalue weighted by atomic mass is 9.94. The number of benzene rings is 2. The molecule has 39 heavy (non-hydrogen) atoms. The average Bonchev–Trinajstić information content (AvgIpc) is 3.58. The van der Waals surface area contributed by atoms with Crippen LogP contribution < -0.4 is 18.9 Å². The van der Waals surface area contributed by atoms with Crippen LogP contribution in [0.3, 0.4) is 0 Å². The molecule has 4 rings (SSSR count). The maximum absolute atomic E-state index is 7.06. The van der Waals surface area contributed by atoms with E-state index in [9.17, 15) is 0 Å². The molecule has 216 valence electrons. The predicted molar refractivity (Wildman–Crippen MR) is 158 cm³/mol. The van der Waals surface area contributed by atoms with E-state index in [1.165, 1.54) is 12.8 Å². The summed E-state index contributed by atoms with van der Waals surface area (Å²) >= 11 is 26.0. The van der Waals surface area contributed by atoms with Gasteiger partial charge in [-0.2, -0.15) is 0 Å². The van der Waals surface area contributed by atoms with Gasteiger partial charge in [0, 0.05) is 0 Å². The topological polar surface area (TPSA) is 46.2 Å². The van der Waals surface area contributed by atoms with Gasteiger partial charge in [-0.05, 0) is 59.4 Å². The molecule has 2 aliphatic rings. The van der Waals surface area contributed by atoms with Gasteiger partial charge < -0.3 is 23.7 Å². The quantitative estimate of drug-likeness (QED) is 0.138. The van der Waals surface area contributed by atoms with Crippen LogP contribution in [0.2, 0.25) is 0 Å². The second-order valence-electron chi connectivity index (χ2n) is 10.1. The average molecular weight is 620 g/mol. The van der Waals surface area contributed by atoms with E-state index in [0.717, 1.165) is 73.6 Å². The molecule has 0 aliphatic carbocycles. The summed E-state index contributed by atoms with van der Waals surface area (Å²) in [6.07, 6.45) is 9.95. The summed E-state index contributed by atoms with van der Waals surface area (Å²) in [7, 11) is 0. The molecular formula is C30H38Cl4O5. The third-order valence-electron chi connectivity index (χ3n) is 7.29. The largest absolute Gasteiger partial charge is 0.454 e. The van der Waals surface area contributed by atoms with Crippen LogP contribution in [0.1, 0.15) is 122 Å². The molecule has 0 bridgehead atoms. The number of halogens is 4. The number of rotatable bonds is 16. The molecule has 0 saturated carbocycles. The minimum atomic E-state index is -0.740. The van der Waals surface area contributed by atoms with Crippen LogP contribution >= 0.6 is 46.4 Å². The molecule has 2 aromatic carbocycles. The molecule has 0 radical (unpaired) electrons. The molecule has 0 amide bonds. The minimum absolute atomic E-state index is 0.170. The molecule has 0 fully saturated rings. The lowest BCUT2D eigenvalue weighted by Crippen LogP contribution is -2.15. The van der Waals surface area contributed by atoms with Gasteiger partial charge in [0.1, 0.15) is 9.67 Å². The standard InChI is InChI=1S/C30H38Cl4O5/c1-3-5-7-9-11-23(19-13-25-27(37-17-35-25)15-21(19)29(31)32)39-24(12-10-8-6-4-2)20-14-26-28(38-18-36-26)16-22(20)30(33)34/h13-16,23-24,29-30H,3-12,17-18H2,1-2H3. The van der Waals surface area contributed by atoms with Crippen LogP contribution in [0.4, 0.5) is 0 Å². The van der Waals surface area contributed by atoms with Crippen LogP contribution in [0.25, 0.3) is 0 Å². The fourth-order valence-electron chi connectivity index (χ4n) is 5.19. The summed E-state index contributed by atoms with van der Waals surface area (Å²) in [4.78, 5) is -1.48. The van der Waals surface area contributed by atoms with Crippen LogP contribution in [0.15, 0.2) is 24.3 Å². The maximum atomic E-state index is 7.06. The SMILES string of the molecule is CCCCCCC(OC(CCCCCC)c1cc2c(cc1C(Cl)Cl)OCO2)c1cc2c(cc1C(Cl)Cl)OCO2. The van der Waals surface area contributed by atoms with E-state index in [-0.39, 0.29) is 25.8 Å². The third-order valence-corrected chi connectivity index (χ3v) is 8.23. The molecule has 9 heteroatoms. The highest BCUT2D eigenvalue weighted by molar-refractivity contribution is 6.44. The molecule has 2 aliphatic heterocycles. The van der Waals surface area contributed by atoms with Gasteiger partial charge in [0.2, 0.25) is 13.6 Å². The van der Waals surface area contributed by atoms with Crippen molar-refractivity contribution in [1.29, 1.82) is 0 Å². The molecular weight excluding hydrogens is 582 g/mol. The highest BCUT2D eigenvalue weighted by Crippen LogP contribution is 2.48. The molecule has 2 aromatic rings. The van der Waals surface area contributed by atoms with E-state index in [4.69, 9.17) is 70.1 Å². The third kappa shape index (κ3) is 7.95. The first-order valence-electron chi connectivity index (χ1n) is 14.0. The zero-order valence-electron chi connectivity index (χ0n) is 22.7. The first kappa shape index (κ1) is 30.7. The van der Waals surface area contributed by atoms with Gasteiger partial charge in [-0.15, -0.1) is 46.4 Å². The molecule has 2 atom stereocenters. The van der Waals surface area contributed by atoms with Crippen LogP contribution in [0, 0.1) is 0 Å². The molecule has 0 saturated heterocycles. The van der Waals surface area contributed by atoms with Gasteiger partial charge in [-0.25, -0.2) is 0 Å². The molecule has 0 aromatic heterocycles. The first-order valence-corrected chi connectivity index (χ1v) is 15.8. The molecule has 0 N–H and O–H groups in total. The Labute approximate surface area is 252 Å². The Bertz CT molecular complexity index is 994. The van der Waals surface area contributed by atoms with Crippen molar-refractivity contribution in [2.75, 3.05) is 13.6 Å². The fourth-order valence-corrected chi connectivity index (χ4v) is 5.94. The van der Waals surface area contributed by atoms with Crippen molar-refractivity contribution < 1.29 is 23.7 Å². The molecule has 2 unspecified atom stereocenters. The van der Waals surface area contributed by atoms with E-state index in [1.54, 1.807) is 0 Å². The Balaban J connectivity index is 1.72. The van der Waals surface area contributed by atoms with Crippen molar-refractivity contribution in [2.24, 2.45) is 0 Å². The smallest absolute Gasteiger partial charge is 0.231 e. The Morgan fingerprint density at radius 2 is 0.923 bits per heavy atom. The Morgan fingerprint density at radius 1 is 0.564 bits per heavy atom. The van der Waals surface area contributed by atoms with Gasteiger partial charge in [-0.3, -0.25) is 0 Å². The summed E-state index contributed by atoms with van der Waals surface area (Å²) in [5.41, 5.74) is 3.37. The highest BCUT2D eigenvalue weighted by atomic mass is 35.5. The van der Waals surface area contributed by atoms with Gasteiger partial charge >= 0.3 is 0 Å². The van der Waals surface area contributed by atoms with Crippen molar-refractivity contribution in [1.82, 2.24) is 0 Å². The minimum Gasteiger partial charge on any atom is -0.454 e. The normalized spacial score (nSPS) is 15.4. The van der Waals surface area contributed by atoms with Crippen molar-refractivity contribution in [2.45, 2.75) is 99.9 Å². The van der Waals surface area contributed by atoms with Crippen molar-refractivity contribution in [3.05, 3.63) is 46.5 Å². The molecule has 5 nitrogen and oxygen atoms in total. The van der Waals surface area contributed by atoms with Crippen LogP contribution in [0.5, 0.6) is 23.0 Å². The summed E-state index contributed by atoms with van der Waals surface area (Å²) in [6.45, 7) is 4.75. The van der Waals surface area contributed by atoms with E-state index in [0.29, 0.717) is 23.0 Å². The number of unbranched alkanes of at least 4 members (excludes halogenated alkanes) is 6. The second-order valence-corrected chi connectivity index (χ2v) is 12.3. The van der Waals surface area contributed by atoms with Gasteiger partial charge in [0.25, 0.3) is 0 Å². The van der Waals surface area contributed by atoms with Crippen LogP contribution in [-0.2, 0) is 4.74 Å². The Kier molecular flexibility index (Phi) is 11.9. The lowest BCUT2D eigenvalue weighted by Gasteiger charge is -2.29. The van der Waals surface area contributed by atoms with Crippen molar-refractivity contribution in [3.8, 4) is 23.0 Å². The van der Waals surface area contributed by atoms with E-state index < -0.39 is 9.67 Å². The van der Waals surface area contributed by atoms with Gasteiger partial charge in [0.15, 0.2) is 23.0 Å². The number of fused-ring (bicyclic) bond motifs is 2. The lowest BCUT2D eigenvalue weighted by molar-refractivity contribution is -0.0272. The van der Waals surface area contributed by atoms with Gasteiger partial charge in [0.05, 0.1) is 12.2 Å². The number of ether oxygens (including phenoxy) is 5. The second kappa shape index (κ2) is 15.1. The van der Waals surface area contributed by atoms with E-state index in [1.807, 2.05) is 24.3 Å². The highest BCUT2D eigenvalue weighted by Gasteiger charge is 2.30.